The number of aliphatic hydroxyl groups is 1. The Bertz CT molecular complexity index is 206. The summed E-state index contributed by atoms with van der Waals surface area (Å²) in [6.45, 7) is 10.6. The molecule has 1 fully saturated rings. The van der Waals surface area contributed by atoms with Gasteiger partial charge in [-0.1, -0.05) is 13.8 Å². The molecule has 2 N–H and O–H groups in total. The van der Waals surface area contributed by atoms with Gasteiger partial charge in [-0.25, -0.2) is 0 Å². The van der Waals surface area contributed by atoms with Gasteiger partial charge in [0.15, 0.2) is 5.79 Å². The molecule has 1 aliphatic heterocycles. The van der Waals surface area contributed by atoms with E-state index in [9.17, 15) is 0 Å². The molecular weight excluding hydrogens is 206 g/mol. The van der Waals surface area contributed by atoms with Gasteiger partial charge in [0.2, 0.25) is 0 Å². The Hall–Kier alpha value is -0.160. The number of rotatable bonds is 5. The molecule has 0 aliphatic carbocycles. The zero-order valence-corrected chi connectivity index (χ0v) is 10.9. The average molecular weight is 231 g/mol. The minimum atomic E-state index is -0.446. The van der Waals surface area contributed by atoms with Crippen molar-refractivity contribution >= 4 is 0 Å². The second-order valence-electron chi connectivity index (χ2n) is 5.74. The van der Waals surface area contributed by atoms with Crippen LogP contribution in [0.15, 0.2) is 0 Å². The fraction of sp³-hybridized carbons (Fsp3) is 1.00. The average Bonchev–Trinajstić information content (AvgIpc) is 2.16. The molecule has 4 heteroatoms. The summed E-state index contributed by atoms with van der Waals surface area (Å²) in [5.41, 5.74) is 0.113. The predicted octanol–water partition coefficient (Wildman–Crippen LogP) is 1.14. The predicted molar refractivity (Wildman–Crippen MR) is 63.3 cm³/mol. The van der Waals surface area contributed by atoms with Crippen LogP contribution >= 0.6 is 0 Å². The number of ether oxygens (including phenoxy) is 2. The van der Waals surface area contributed by atoms with Crippen LogP contribution in [0, 0.1) is 5.41 Å². The summed E-state index contributed by atoms with van der Waals surface area (Å²) < 4.78 is 11.1. The lowest BCUT2D eigenvalue weighted by molar-refractivity contribution is -0.253. The van der Waals surface area contributed by atoms with Crippen LogP contribution in [-0.4, -0.2) is 43.3 Å². The van der Waals surface area contributed by atoms with E-state index in [1.54, 1.807) is 0 Å². The summed E-state index contributed by atoms with van der Waals surface area (Å²) in [6, 6.07) is 0.256. The lowest BCUT2D eigenvalue weighted by atomic mass is 9.89. The SMILES string of the molecule is CC(C)(CCO)CNC1COC(C)(C)OC1. The quantitative estimate of drug-likeness (QED) is 0.745. The van der Waals surface area contributed by atoms with Crippen molar-refractivity contribution in [1.82, 2.24) is 5.32 Å². The number of hydrogen-bond donors (Lipinski definition) is 2. The Morgan fingerprint density at radius 1 is 1.31 bits per heavy atom. The van der Waals surface area contributed by atoms with Crippen molar-refractivity contribution in [3.05, 3.63) is 0 Å². The molecule has 0 aromatic heterocycles. The van der Waals surface area contributed by atoms with Gasteiger partial charge in [0.1, 0.15) is 0 Å². The van der Waals surface area contributed by atoms with Crippen molar-refractivity contribution in [3.63, 3.8) is 0 Å². The first-order chi connectivity index (χ1) is 7.35. The molecule has 96 valence electrons. The van der Waals surface area contributed by atoms with Crippen molar-refractivity contribution in [2.75, 3.05) is 26.4 Å². The fourth-order valence-corrected chi connectivity index (χ4v) is 1.62. The van der Waals surface area contributed by atoms with Crippen LogP contribution < -0.4 is 5.32 Å². The molecule has 1 heterocycles. The van der Waals surface area contributed by atoms with E-state index in [2.05, 4.69) is 19.2 Å². The van der Waals surface area contributed by atoms with E-state index in [1.165, 1.54) is 0 Å². The maximum absolute atomic E-state index is 8.93. The van der Waals surface area contributed by atoms with E-state index in [4.69, 9.17) is 14.6 Å². The van der Waals surface area contributed by atoms with Crippen LogP contribution in [0.25, 0.3) is 0 Å². The normalized spacial score (nSPS) is 22.3. The minimum absolute atomic E-state index is 0.113. The fourth-order valence-electron chi connectivity index (χ4n) is 1.62. The van der Waals surface area contributed by atoms with Crippen LogP contribution in [0.3, 0.4) is 0 Å². The third-order valence-electron chi connectivity index (χ3n) is 2.92. The molecule has 1 saturated heterocycles. The van der Waals surface area contributed by atoms with E-state index >= 15 is 0 Å². The highest BCUT2D eigenvalue weighted by Crippen LogP contribution is 2.20. The van der Waals surface area contributed by atoms with Crippen LogP contribution in [-0.2, 0) is 9.47 Å². The van der Waals surface area contributed by atoms with Gasteiger partial charge in [-0.15, -0.1) is 0 Å². The first-order valence-corrected chi connectivity index (χ1v) is 5.97. The highest BCUT2D eigenvalue weighted by atomic mass is 16.7. The lowest BCUT2D eigenvalue weighted by Gasteiger charge is -2.36. The van der Waals surface area contributed by atoms with E-state index in [0.29, 0.717) is 13.2 Å². The topological polar surface area (TPSA) is 50.7 Å². The van der Waals surface area contributed by atoms with E-state index in [0.717, 1.165) is 13.0 Å². The molecule has 0 saturated carbocycles. The van der Waals surface area contributed by atoms with Gasteiger partial charge in [-0.2, -0.15) is 0 Å². The van der Waals surface area contributed by atoms with Crippen molar-refractivity contribution in [2.24, 2.45) is 5.41 Å². The maximum atomic E-state index is 8.93. The van der Waals surface area contributed by atoms with Crippen LogP contribution in [0.5, 0.6) is 0 Å². The van der Waals surface area contributed by atoms with Gasteiger partial charge in [-0.05, 0) is 25.7 Å². The van der Waals surface area contributed by atoms with Crippen molar-refractivity contribution < 1.29 is 14.6 Å². The summed E-state index contributed by atoms with van der Waals surface area (Å²) in [5, 5.41) is 12.4. The molecular formula is C12H25NO3. The highest BCUT2D eigenvalue weighted by Gasteiger charge is 2.29. The standard InChI is InChI=1S/C12H25NO3/c1-11(2,5-6-14)9-13-10-7-15-12(3,4)16-8-10/h10,13-14H,5-9H2,1-4H3. The summed E-state index contributed by atoms with van der Waals surface area (Å²) in [4.78, 5) is 0. The second kappa shape index (κ2) is 5.45. The largest absolute Gasteiger partial charge is 0.396 e. The Balaban J connectivity index is 2.24. The van der Waals surface area contributed by atoms with Crippen LogP contribution in [0.2, 0.25) is 0 Å². The van der Waals surface area contributed by atoms with Crippen LogP contribution in [0.1, 0.15) is 34.1 Å². The van der Waals surface area contributed by atoms with E-state index in [1.807, 2.05) is 13.8 Å². The Morgan fingerprint density at radius 2 is 1.88 bits per heavy atom. The number of aliphatic hydroxyl groups excluding tert-OH is 1. The molecule has 4 nitrogen and oxygen atoms in total. The van der Waals surface area contributed by atoms with Gasteiger partial charge in [-0.3, -0.25) is 0 Å². The van der Waals surface area contributed by atoms with Gasteiger partial charge < -0.3 is 19.9 Å². The third kappa shape index (κ3) is 4.78. The van der Waals surface area contributed by atoms with Crippen molar-refractivity contribution in [1.29, 1.82) is 0 Å². The number of nitrogens with one attached hydrogen (secondary N) is 1. The monoisotopic (exact) mass is 231 g/mol. The van der Waals surface area contributed by atoms with Crippen molar-refractivity contribution in [3.8, 4) is 0 Å². The summed E-state index contributed by atoms with van der Waals surface area (Å²) in [7, 11) is 0. The smallest absolute Gasteiger partial charge is 0.162 e. The maximum Gasteiger partial charge on any atom is 0.162 e. The molecule has 0 aromatic rings. The minimum Gasteiger partial charge on any atom is -0.396 e. The van der Waals surface area contributed by atoms with Crippen LogP contribution in [0.4, 0.5) is 0 Å². The Morgan fingerprint density at radius 3 is 2.38 bits per heavy atom. The van der Waals surface area contributed by atoms with E-state index < -0.39 is 5.79 Å². The second-order valence-corrected chi connectivity index (χ2v) is 5.74. The molecule has 1 aliphatic rings. The molecule has 0 unspecified atom stereocenters. The molecule has 0 atom stereocenters. The molecule has 0 bridgehead atoms. The summed E-state index contributed by atoms with van der Waals surface area (Å²) in [6.07, 6.45) is 0.805. The molecule has 1 rings (SSSR count). The van der Waals surface area contributed by atoms with Gasteiger partial charge in [0, 0.05) is 13.2 Å². The number of hydrogen-bond acceptors (Lipinski definition) is 4. The molecule has 0 radical (unpaired) electrons. The highest BCUT2D eigenvalue weighted by molar-refractivity contribution is 4.78. The summed E-state index contributed by atoms with van der Waals surface area (Å²) in [5.74, 6) is -0.446. The lowest BCUT2D eigenvalue weighted by Crippen LogP contribution is -2.50. The molecule has 0 aromatic carbocycles. The van der Waals surface area contributed by atoms with Gasteiger partial charge in [0.25, 0.3) is 0 Å². The first-order valence-electron chi connectivity index (χ1n) is 5.97. The van der Waals surface area contributed by atoms with E-state index in [-0.39, 0.29) is 18.1 Å². The summed E-state index contributed by atoms with van der Waals surface area (Å²) >= 11 is 0. The first kappa shape index (κ1) is 13.9. The molecule has 0 amide bonds. The molecule has 16 heavy (non-hydrogen) atoms. The Labute approximate surface area is 98.3 Å². The van der Waals surface area contributed by atoms with Gasteiger partial charge in [0.05, 0.1) is 19.3 Å². The molecule has 0 spiro atoms. The third-order valence-corrected chi connectivity index (χ3v) is 2.92. The van der Waals surface area contributed by atoms with Gasteiger partial charge >= 0.3 is 0 Å². The van der Waals surface area contributed by atoms with Crippen molar-refractivity contribution in [2.45, 2.75) is 45.9 Å². The zero-order valence-electron chi connectivity index (χ0n) is 10.9. The Kier molecular flexibility index (Phi) is 4.73. The zero-order chi connectivity index (χ0) is 12.2.